The van der Waals surface area contributed by atoms with Crippen molar-refractivity contribution in [3.8, 4) is 0 Å². The van der Waals surface area contributed by atoms with Crippen LogP contribution < -0.4 is 0 Å². The first-order valence-corrected chi connectivity index (χ1v) is 4.53. The number of hydrogen-bond acceptors (Lipinski definition) is 2. The topological polar surface area (TPSA) is 34.1 Å². The molecule has 1 fully saturated rings. The van der Waals surface area contributed by atoms with E-state index in [2.05, 4.69) is 0 Å². The lowest BCUT2D eigenvalue weighted by molar-refractivity contribution is 0.418. The van der Waals surface area contributed by atoms with Gasteiger partial charge < -0.3 is 0 Å². The third-order valence-electron chi connectivity index (χ3n) is 1.72. The fraction of sp³-hybridized carbons (Fsp3) is 1.00. The van der Waals surface area contributed by atoms with Crippen molar-refractivity contribution in [2.45, 2.75) is 30.5 Å². The molecule has 4 heteroatoms. The molecule has 0 aromatic carbocycles. The standard InChI is InChI=1S/C5H9FO2S/c1-4-2-3-5(6)9(4,7)8/h4-5H,2-3H2,1H3. The first-order chi connectivity index (χ1) is 4.05. The van der Waals surface area contributed by atoms with Gasteiger partial charge in [0.1, 0.15) is 0 Å². The Morgan fingerprint density at radius 3 is 2.11 bits per heavy atom. The summed E-state index contributed by atoms with van der Waals surface area (Å²) in [7, 11) is -3.37. The Morgan fingerprint density at radius 2 is 2.00 bits per heavy atom. The Morgan fingerprint density at radius 1 is 1.44 bits per heavy atom. The van der Waals surface area contributed by atoms with Crippen LogP contribution in [0.1, 0.15) is 19.8 Å². The van der Waals surface area contributed by atoms with Crippen molar-refractivity contribution in [1.82, 2.24) is 0 Å². The van der Waals surface area contributed by atoms with Crippen LogP contribution in [0.15, 0.2) is 0 Å². The average Bonchev–Trinajstić information content (AvgIpc) is 1.96. The molecule has 0 bridgehead atoms. The zero-order chi connectivity index (χ0) is 7.07. The van der Waals surface area contributed by atoms with E-state index in [1.54, 1.807) is 6.92 Å². The molecule has 0 aromatic heterocycles. The predicted octanol–water partition coefficient (Wildman–Crippen LogP) is 0.879. The smallest absolute Gasteiger partial charge is 0.201 e. The van der Waals surface area contributed by atoms with E-state index in [0.717, 1.165) is 0 Å². The van der Waals surface area contributed by atoms with E-state index in [4.69, 9.17) is 0 Å². The summed E-state index contributed by atoms with van der Waals surface area (Å²) in [4.78, 5) is 0. The largest absolute Gasteiger partial charge is 0.230 e. The molecule has 0 amide bonds. The van der Waals surface area contributed by atoms with Crippen molar-refractivity contribution >= 4 is 9.84 Å². The van der Waals surface area contributed by atoms with Crippen LogP contribution in [0.4, 0.5) is 4.39 Å². The van der Waals surface area contributed by atoms with Crippen molar-refractivity contribution in [3.05, 3.63) is 0 Å². The zero-order valence-electron chi connectivity index (χ0n) is 5.17. The van der Waals surface area contributed by atoms with Crippen molar-refractivity contribution in [3.63, 3.8) is 0 Å². The van der Waals surface area contributed by atoms with Gasteiger partial charge in [0.25, 0.3) is 0 Å². The van der Waals surface area contributed by atoms with Crippen molar-refractivity contribution in [1.29, 1.82) is 0 Å². The second-order valence-corrected chi connectivity index (χ2v) is 4.88. The van der Waals surface area contributed by atoms with Gasteiger partial charge in [-0.1, -0.05) is 0 Å². The Hall–Kier alpha value is -0.120. The summed E-state index contributed by atoms with van der Waals surface area (Å²) in [6.45, 7) is 1.55. The molecule has 1 heterocycles. The molecule has 2 atom stereocenters. The van der Waals surface area contributed by atoms with Gasteiger partial charge in [0.15, 0.2) is 9.84 Å². The molecular formula is C5H9FO2S. The van der Waals surface area contributed by atoms with E-state index in [1.807, 2.05) is 0 Å². The van der Waals surface area contributed by atoms with Gasteiger partial charge >= 0.3 is 0 Å². The highest BCUT2D eigenvalue weighted by molar-refractivity contribution is 7.92. The molecule has 0 N–H and O–H groups in total. The molecule has 1 aliphatic heterocycles. The molecule has 1 aliphatic rings. The maximum Gasteiger partial charge on any atom is 0.201 e. The van der Waals surface area contributed by atoms with Crippen LogP contribution in [0.25, 0.3) is 0 Å². The highest BCUT2D eigenvalue weighted by atomic mass is 32.2. The van der Waals surface area contributed by atoms with Gasteiger partial charge in [-0.3, -0.25) is 0 Å². The van der Waals surface area contributed by atoms with E-state index in [-0.39, 0.29) is 6.42 Å². The number of hydrogen-bond donors (Lipinski definition) is 0. The molecule has 0 aromatic rings. The van der Waals surface area contributed by atoms with Gasteiger partial charge in [-0.25, -0.2) is 12.8 Å². The Balaban J connectivity index is 2.93. The monoisotopic (exact) mass is 152 g/mol. The van der Waals surface area contributed by atoms with Crippen LogP contribution in [0.5, 0.6) is 0 Å². The lowest BCUT2D eigenvalue weighted by Gasteiger charge is -1.99. The average molecular weight is 152 g/mol. The summed E-state index contributed by atoms with van der Waals surface area (Å²) in [5.74, 6) is 0. The SMILES string of the molecule is CC1CCC(F)S1(=O)=O. The fourth-order valence-corrected chi connectivity index (χ4v) is 2.38. The van der Waals surface area contributed by atoms with Crippen LogP contribution in [0, 0.1) is 0 Å². The van der Waals surface area contributed by atoms with E-state index >= 15 is 0 Å². The molecule has 54 valence electrons. The number of halogens is 1. The molecule has 1 rings (SSSR count). The third-order valence-corrected chi connectivity index (χ3v) is 4.02. The quantitative estimate of drug-likeness (QED) is 0.516. The molecule has 0 saturated carbocycles. The fourth-order valence-electron chi connectivity index (χ4n) is 0.946. The molecule has 2 unspecified atom stereocenters. The maximum absolute atomic E-state index is 12.4. The summed E-state index contributed by atoms with van der Waals surface area (Å²) >= 11 is 0. The van der Waals surface area contributed by atoms with E-state index in [0.29, 0.717) is 6.42 Å². The first kappa shape index (κ1) is 6.99. The van der Waals surface area contributed by atoms with Gasteiger partial charge in [-0.05, 0) is 19.8 Å². The maximum atomic E-state index is 12.4. The third kappa shape index (κ3) is 0.956. The molecule has 0 aliphatic carbocycles. The van der Waals surface area contributed by atoms with Gasteiger partial charge in [0, 0.05) is 0 Å². The molecular weight excluding hydrogens is 143 g/mol. The lowest BCUT2D eigenvalue weighted by atomic mass is 10.3. The Labute approximate surface area is 54.0 Å². The Kier molecular flexibility index (Phi) is 1.50. The number of rotatable bonds is 0. The summed E-state index contributed by atoms with van der Waals surface area (Å²) < 4.78 is 33.8. The first-order valence-electron chi connectivity index (χ1n) is 2.92. The summed E-state index contributed by atoms with van der Waals surface area (Å²) in [5.41, 5.74) is -1.59. The predicted molar refractivity (Wildman–Crippen MR) is 32.5 cm³/mol. The normalized spacial score (nSPS) is 41.1. The summed E-state index contributed by atoms with van der Waals surface area (Å²) in [6.07, 6.45) is 0.660. The van der Waals surface area contributed by atoms with E-state index in [1.165, 1.54) is 0 Å². The van der Waals surface area contributed by atoms with Gasteiger partial charge in [0.05, 0.1) is 5.25 Å². The van der Waals surface area contributed by atoms with Gasteiger partial charge in [0.2, 0.25) is 5.50 Å². The number of alkyl halides is 1. The second kappa shape index (κ2) is 1.94. The minimum absolute atomic E-state index is 0.184. The molecule has 1 saturated heterocycles. The molecule has 9 heavy (non-hydrogen) atoms. The number of sulfone groups is 1. The van der Waals surface area contributed by atoms with E-state index < -0.39 is 20.6 Å². The van der Waals surface area contributed by atoms with Gasteiger partial charge in [-0.2, -0.15) is 0 Å². The van der Waals surface area contributed by atoms with Gasteiger partial charge in [-0.15, -0.1) is 0 Å². The summed E-state index contributed by atoms with van der Waals surface area (Å²) in [6, 6.07) is 0. The Bertz CT molecular complexity index is 181. The van der Waals surface area contributed by atoms with Crippen molar-refractivity contribution < 1.29 is 12.8 Å². The van der Waals surface area contributed by atoms with Crippen molar-refractivity contribution in [2.75, 3.05) is 0 Å². The van der Waals surface area contributed by atoms with Crippen LogP contribution >= 0.6 is 0 Å². The highest BCUT2D eigenvalue weighted by Gasteiger charge is 2.37. The molecule has 2 nitrogen and oxygen atoms in total. The van der Waals surface area contributed by atoms with Crippen LogP contribution in [-0.2, 0) is 9.84 Å². The second-order valence-electron chi connectivity index (χ2n) is 2.39. The van der Waals surface area contributed by atoms with Crippen molar-refractivity contribution in [2.24, 2.45) is 0 Å². The van der Waals surface area contributed by atoms with E-state index in [9.17, 15) is 12.8 Å². The minimum atomic E-state index is -3.37. The minimum Gasteiger partial charge on any atom is -0.230 e. The zero-order valence-corrected chi connectivity index (χ0v) is 5.99. The molecule has 0 radical (unpaired) electrons. The van der Waals surface area contributed by atoms with Crippen LogP contribution in [0.2, 0.25) is 0 Å². The van der Waals surface area contributed by atoms with Crippen LogP contribution in [-0.4, -0.2) is 19.2 Å². The molecule has 0 spiro atoms. The van der Waals surface area contributed by atoms with Crippen LogP contribution in [0.3, 0.4) is 0 Å². The lowest BCUT2D eigenvalue weighted by Crippen LogP contribution is -2.16. The highest BCUT2D eigenvalue weighted by Crippen LogP contribution is 2.27. The summed E-state index contributed by atoms with van der Waals surface area (Å²) in [5, 5.41) is -0.465.